The molecule has 0 bridgehead atoms. The van der Waals surface area contributed by atoms with Gasteiger partial charge in [0.25, 0.3) is 11.6 Å². The highest BCUT2D eigenvalue weighted by Crippen LogP contribution is 2.37. The predicted molar refractivity (Wildman–Crippen MR) is 119 cm³/mol. The van der Waals surface area contributed by atoms with E-state index in [9.17, 15) is 28.1 Å². The number of nitrogens with one attached hydrogen (secondary N) is 1. The summed E-state index contributed by atoms with van der Waals surface area (Å²) in [5, 5.41) is 14.4. The number of nitro groups is 1. The van der Waals surface area contributed by atoms with Crippen molar-refractivity contribution in [3.8, 4) is 5.75 Å². The van der Waals surface area contributed by atoms with E-state index in [4.69, 9.17) is 9.47 Å². The van der Waals surface area contributed by atoms with Crippen LogP contribution in [-0.4, -0.2) is 49.3 Å². The van der Waals surface area contributed by atoms with E-state index in [-0.39, 0.29) is 25.4 Å². The fourth-order valence-electron chi connectivity index (χ4n) is 3.85. The van der Waals surface area contributed by atoms with Gasteiger partial charge in [0, 0.05) is 18.2 Å². The molecular formula is C23H26F3N3O5. The number of nitro benzene ring substituents is 1. The lowest BCUT2D eigenvalue weighted by molar-refractivity contribution is -0.384. The van der Waals surface area contributed by atoms with Crippen LogP contribution in [0.4, 0.5) is 24.5 Å². The van der Waals surface area contributed by atoms with Crippen LogP contribution in [0.2, 0.25) is 0 Å². The molecule has 0 spiro atoms. The number of carbonyl (C=O) groups excluding carboxylic acids is 1. The number of morpholine rings is 1. The van der Waals surface area contributed by atoms with E-state index in [0.717, 1.165) is 23.4 Å². The minimum atomic E-state index is -4.70. The number of anilines is 1. The minimum Gasteiger partial charge on any atom is -0.497 e. The Bertz CT molecular complexity index is 1040. The number of amides is 1. The first-order chi connectivity index (χ1) is 15.9. The second kappa shape index (κ2) is 9.88. The number of benzene rings is 2. The van der Waals surface area contributed by atoms with Crippen LogP contribution in [0, 0.1) is 10.1 Å². The molecule has 1 fully saturated rings. The lowest BCUT2D eigenvalue weighted by atomic mass is 9.94. The first-order valence-electron chi connectivity index (χ1n) is 10.6. The molecule has 2 aromatic rings. The summed E-state index contributed by atoms with van der Waals surface area (Å²) in [7, 11) is 1.58. The van der Waals surface area contributed by atoms with Crippen LogP contribution in [0.3, 0.4) is 0 Å². The second-order valence-corrected chi connectivity index (χ2v) is 8.66. The Morgan fingerprint density at radius 2 is 1.91 bits per heavy atom. The molecule has 1 saturated heterocycles. The molecule has 1 N–H and O–H groups in total. The Morgan fingerprint density at radius 1 is 1.24 bits per heavy atom. The molecule has 1 heterocycles. The van der Waals surface area contributed by atoms with Gasteiger partial charge in [0.2, 0.25) is 0 Å². The van der Waals surface area contributed by atoms with E-state index < -0.39 is 39.9 Å². The predicted octanol–water partition coefficient (Wildman–Crippen LogP) is 3.96. The number of rotatable bonds is 7. The van der Waals surface area contributed by atoms with Gasteiger partial charge in [0.05, 0.1) is 30.7 Å². The lowest BCUT2D eigenvalue weighted by Crippen LogP contribution is -2.55. The van der Waals surface area contributed by atoms with Crippen LogP contribution in [0.1, 0.15) is 25.0 Å². The molecule has 0 unspecified atom stereocenters. The normalized spacial score (nSPS) is 16.8. The maximum atomic E-state index is 13.0. The van der Waals surface area contributed by atoms with Crippen LogP contribution >= 0.6 is 0 Å². The highest BCUT2D eigenvalue weighted by molar-refractivity contribution is 5.82. The van der Waals surface area contributed by atoms with Crippen molar-refractivity contribution in [1.29, 1.82) is 0 Å². The smallest absolute Gasteiger partial charge is 0.416 e. The number of methoxy groups -OCH3 is 1. The summed E-state index contributed by atoms with van der Waals surface area (Å²) in [6.07, 6.45) is -5.11. The van der Waals surface area contributed by atoms with Gasteiger partial charge in [-0.05, 0) is 50.1 Å². The fraction of sp³-hybridized carbons (Fsp3) is 0.435. The molecular weight excluding hydrogens is 455 g/mol. The zero-order valence-corrected chi connectivity index (χ0v) is 19.0. The van der Waals surface area contributed by atoms with Crippen LogP contribution in [0.25, 0.3) is 0 Å². The first-order valence-corrected chi connectivity index (χ1v) is 10.6. The van der Waals surface area contributed by atoms with E-state index in [1.807, 2.05) is 38.1 Å². The van der Waals surface area contributed by atoms with Crippen LogP contribution in [-0.2, 0) is 22.1 Å². The molecule has 0 saturated carbocycles. The van der Waals surface area contributed by atoms with E-state index in [1.54, 1.807) is 7.11 Å². The molecule has 3 rings (SSSR count). The highest BCUT2D eigenvalue weighted by atomic mass is 19.4. The van der Waals surface area contributed by atoms with Gasteiger partial charge in [-0.15, -0.1) is 0 Å². The van der Waals surface area contributed by atoms with Crippen molar-refractivity contribution in [1.82, 2.24) is 5.32 Å². The lowest BCUT2D eigenvalue weighted by Gasteiger charge is -2.35. The average Bonchev–Trinajstić information content (AvgIpc) is 2.78. The molecule has 1 atom stereocenters. The van der Waals surface area contributed by atoms with Crippen molar-refractivity contribution in [3.63, 3.8) is 0 Å². The average molecular weight is 481 g/mol. The molecule has 0 aliphatic carbocycles. The van der Waals surface area contributed by atoms with Gasteiger partial charge in [-0.1, -0.05) is 12.1 Å². The largest absolute Gasteiger partial charge is 0.497 e. The number of halogens is 3. The Kier molecular flexibility index (Phi) is 7.35. The third-order valence-corrected chi connectivity index (χ3v) is 5.47. The Balaban J connectivity index is 1.71. The maximum Gasteiger partial charge on any atom is 0.416 e. The van der Waals surface area contributed by atoms with Crippen molar-refractivity contribution < 1.29 is 32.4 Å². The molecule has 34 heavy (non-hydrogen) atoms. The molecule has 1 amide bonds. The van der Waals surface area contributed by atoms with E-state index in [2.05, 4.69) is 5.32 Å². The monoisotopic (exact) mass is 481 g/mol. The first kappa shape index (κ1) is 25.3. The van der Waals surface area contributed by atoms with Crippen molar-refractivity contribution in [2.45, 2.75) is 38.1 Å². The number of carbonyl (C=O) groups is 1. The standard InChI is InChI=1S/C23H26F3N3O5/c1-22(2,13-15-4-7-17(33-3)8-5-15)27-21(30)20-14-28(10-11-34-20)18-9-6-16(23(24,25)26)12-19(18)29(31)32/h4-9,12,20H,10-11,13-14H2,1-3H3,(H,27,30)/t20-/m1/s1. The van der Waals surface area contributed by atoms with Gasteiger partial charge in [-0.2, -0.15) is 13.2 Å². The summed E-state index contributed by atoms with van der Waals surface area (Å²) in [5.41, 5.74) is -1.41. The van der Waals surface area contributed by atoms with Crippen LogP contribution in [0.15, 0.2) is 42.5 Å². The molecule has 11 heteroatoms. The third kappa shape index (κ3) is 6.16. The summed E-state index contributed by atoms with van der Waals surface area (Å²) in [5.74, 6) is 0.316. The number of hydrogen-bond donors (Lipinski definition) is 1. The van der Waals surface area contributed by atoms with E-state index in [1.165, 1.54) is 4.90 Å². The van der Waals surface area contributed by atoms with Crippen molar-refractivity contribution in [2.75, 3.05) is 31.7 Å². The van der Waals surface area contributed by atoms with Gasteiger partial charge in [-0.3, -0.25) is 14.9 Å². The molecule has 184 valence electrons. The number of hydrogen-bond acceptors (Lipinski definition) is 6. The quantitative estimate of drug-likeness (QED) is 0.475. The molecule has 2 aromatic carbocycles. The summed E-state index contributed by atoms with van der Waals surface area (Å²) in [6, 6.07) is 9.82. The highest BCUT2D eigenvalue weighted by Gasteiger charge is 2.36. The van der Waals surface area contributed by atoms with Crippen molar-refractivity contribution in [3.05, 3.63) is 63.7 Å². The van der Waals surface area contributed by atoms with Gasteiger partial charge in [0.1, 0.15) is 11.4 Å². The van der Waals surface area contributed by atoms with Gasteiger partial charge < -0.3 is 19.7 Å². The molecule has 0 aromatic heterocycles. The summed E-state index contributed by atoms with van der Waals surface area (Å²) in [6.45, 7) is 3.98. The Labute approximate surface area is 194 Å². The molecule has 0 radical (unpaired) electrons. The third-order valence-electron chi connectivity index (χ3n) is 5.47. The van der Waals surface area contributed by atoms with Crippen LogP contribution in [0.5, 0.6) is 5.75 Å². The number of ether oxygens (including phenoxy) is 2. The summed E-state index contributed by atoms with van der Waals surface area (Å²) < 4.78 is 49.8. The molecule has 1 aliphatic rings. The van der Waals surface area contributed by atoms with Crippen LogP contribution < -0.4 is 15.0 Å². The van der Waals surface area contributed by atoms with Gasteiger partial charge in [0.15, 0.2) is 6.10 Å². The summed E-state index contributed by atoms with van der Waals surface area (Å²) in [4.78, 5) is 25.0. The SMILES string of the molecule is COc1ccc(CC(C)(C)NC(=O)[C@H]2CN(c3ccc(C(F)(F)F)cc3[N+](=O)[O-])CCO2)cc1. The zero-order valence-electron chi connectivity index (χ0n) is 19.0. The molecule has 8 nitrogen and oxygen atoms in total. The van der Waals surface area contributed by atoms with E-state index in [0.29, 0.717) is 12.5 Å². The summed E-state index contributed by atoms with van der Waals surface area (Å²) >= 11 is 0. The van der Waals surface area contributed by atoms with Gasteiger partial charge in [-0.25, -0.2) is 0 Å². The number of nitrogens with zero attached hydrogens (tertiary/aromatic N) is 2. The minimum absolute atomic E-state index is 0.0107. The van der Waals surface area contributed by atoms with Crippen molar-refractivity contribution in [2.24, 2.45) is 0 Å². The Morgan fingerprint density at radius 3 is 2.50 bits per heavy atom. The maximum absolute atomic E-state index is 13.0. The Hall–Kier alpha value is -3.34. The van der Waals surface area contributed by atoms with E-state index >= 15 is 0 Å². The van der Waals surface area contributed by atoms with Gasteiger partial charge >= 0.3 is 6.18 Å². The second-order valence-electron chi connectivity index (χ2n) is 8.66. The van der Waals surface area contributed by atoms with Crippen molar-refractivity contribution >= 4 is 17.3 Å². The number of alkyl halides is 3. The zero-order chi connectivity index (χ0) is 25.1. The topological polar surface area (TPSA) is 93.9 Å². The fourth-order valence-corrected chi connectivity index (χ4v) is 3.85. The molecule has 1 aliphatic heterocycles.